The van der Waals surface area contributed by atoms with Gasteiger partial charge >= 0.3 is 11.8 Å². The zero-order valence-corrected chi connectivity index (χ0v) is 14.3. The number of halogens is 2. The van der Waals surface area contributed by atoms with Gasteiger partial charge in [-0.3, -0.25) is 9.78 Å². The summed E-state index contributed by atoms with van der Waals surface area (Å²) < 4.78 is 35.2. The number of fused-ring (bicyclic) bond motifs is 1. The molecule has 4 nitrogen and oxygen atoms in total. The first-order chi connectivity index (χ1) is 12.0. The molecule has 0 spiro atoms. The number of alkyl halides is 2. The summed E-state index contributed by atoms with van der Waals surface area (Å²) in [4.78, 5) is 17.7. The number of nitrogens with zero attached hydrogens (tertiary/aromatic N) is 2. The van der Waals surface area contributed by atoms with Crippen LogP contribution in [0, 0.1) is 6.92 Å². The Hall–Kier alpha value is -2.50. The predicted octanol–water partition coefficient (Wildman–Crippen LogP) is 3.86. The average molecular weight is 346 g/mol. The number of aromatic nitrogens is 1. The van der Waals surface area contributed by atoms with Gasteiger partial charge in [0.1, 0.15) is 11.4 Å². The fourth-order valence-corrected chi connectivity index (χ4v) is 3.24. The van der Waals surface area contributed by atoms with Crippen molar-refractivity contribution >= 4 is 11.6 Å². The Kier molecular flexibility index (Phi) is 4.70. The summed E-state index contributed by atoms with van der Waals surface area (Å²) in [7, 11) is 1.54. The van der Waals surface area contributed by atoms with E-state index in [4.69, 9.17) is 4.74 Å². The SMILES string of the molecule is COc1cccc2c1CCCCN2C(=O)C(F)(F)c1ncccc1C. The molecule has 1 amide bonds. The summed E-state index contributed by atoms with van der Waals surface area (Å²) in [5, 5.41) is 0. The van der Waals surface area contributed by atoms with Crippen LogP contribution in [-0.2, 0) is 17.1 Å². The fourth-order valence-electron chi connectivity index (χ4n) is 3.24. The molecule has 0 saturated carbocycles. The highest BCUT2D eigenvalue weighted by molar-refractivity contribution is 5.99. The van der Waals surface area contributed by atoms with E-state index in [1.165, 1.54) is 24.1 Å². The van der Waals surface area contributed by atoms with Crippen LogP contribution in [-0.4, -0.2) is 24.5 Å². The summed E-state index contributed by atoms with van der Waals surface area (Å²) in [6.07, 6.45) is 3.44. The molecule has 6 heteroatoms. The third-order valence-corrected chi connectivity index (χ3v) is 4.50. The van der Waals surface area contributed by atoms with Crippen molar-refractivity contribution in [1.29, 1.82) is 0 Å². The molecule has 0 saturated heterocycles. The number of methoxy groups -OCH3 is 1. The van der Waals surface area contributed by atoms with Crippen LogP contribution in [0.2, 0.25) is 0 Å². The molecule has 0 atom stereocenters. The Morgan fingerprint density at radius 2 is 2.04 bits per heavy atom. The largest absolute Gasteiger partial charge is 0.496 e. The first-order valence-electron chi connectivity index (χ1n) is 8.24. The van der Waals surface area contributed by atoms with Crippen LogP contribution in [0.3, 0.4) is 0 Å². The van der Waals surface area contributed by atoms with E-state index in [0.717, 1.165) is 12.0 Å². The molecule has 0 fully saturated rings. The van der Waals surface area contributed by atoms with Crippen molar-refractivity contribution in [3.8, 4) is 5.75 Å². The number of carbonyl (C=O) groups is 1. The third-order valence-electron chi connectivity index (χ3n) is 4.50. The minimum Gasteiger partial charge on any atom is -0.496 e. The lowest BCUT2D eigenvalue weighted by Gasteiger charge is -2.28. The van der Waals surface area contributed by atoms with Gasteiger partial charge in [0.15, 0.2) is 0 Å². The highest BCUT2D eigenvalue weighted by atomic mass is 19.3. The number of amides is 1. The summed E-state index contributed by atoms with van der Waals surface area (Å²) in [6.45, 7) is 1.78. The van der Waals surface area contributed by atoms with Gasteiger partial charge in [-0.1, -0.05) is 12.1 Å². The second-order valence-electron chi connectivity index (χ2n) is 6.12. The van der Waals surface area contributed by atoms with Crippen molar-refractivity contribution in [2.24, 2.45) is 0 Å². The minimum atomic E-state index is -3.68. The Morgan fingerprint density at radius 3 is 2.76 bits per heavy atom. The third kappa shape index (κ3) is 3.08. The number of aryl methyl sites for hydroxylation is 1. The van der Waals surface area contributed by atoms with E-state index in [2.05, 4.69) is 4.98 Å². The molecule has 2 aromatic rings. The molecule has 0 bridgehead atoms. The molecular weight excluding hydrogens is 326 g/mol. The summed E-state index contributed by atoms with van der Waals surface area (Å²) in [5.74, 6) is -4.31. The van der Waals surface area contributed by atoms with Crippen LogP contribution in [0.25, 0.3) is 0 Å². The lowest BCUT2D eigenvalue weighted by atomic mass is 10.1. The topological polar surface area (TPSA) is 42.4 Å². The fraction of sp³-hybridized carbons (Fsp3) is 0.368. The van der Waals surface area contributed by atoms with E-state index in [0.29, 0.717) is 29.8 Å². The summed E-state index contributed by atoms with van der Waals surface area (Å²) in [6, 6.07) is 8.30. The van der Waals surface area contributed by atoms with E-state index in [1.807, 2.05) is 0 Å². The van der Waals surface area contributed by atoms with Crippen molar-refractivity contribution in [2.45, 2.75) is 32.1 Å². The van der Waals surface area contributed by atoms with Crippen LogP contribution < -0.4 is 9.64 Å². The number of rotatable bonds is 3. The highest BCUT2D eigenvalue weighted by Crippen LogP contribution is 2.38. The minimum absolute atomic E-state index is 0.250. The van der Waals surface area contributed by atoms with Crippen molar-refractivity contribution in [1.82, 2.24) is 4.98 Å². The van der Waals surface area contributed by atoms with Crippen LogP contribution >= 0.6 is 0 Å². The van der Waals surface area contributed by atoms with Gasteiger partial charge in [-0.25, -0.2) is 0 Å². The van der Waals surface area contributed by atoms with E-state index >= 15 is 0 Å². The van der Waals surface area contributed by atoms with Gasteiger partial charge in [0.2, 0.25) is 0 Å². The van der Waals surface area contributed by atoms with E-state index in [-0.39, 0.29) is 6.54 Å². The van der Waals surface area contributed by atoms with Crippen LogP contribution in [0.15, 0.2) is 36.5 Å². The van der Waals surface area contributed by atoms with Gasteiger partial charge in [-0.05, 0) is 49.9 Å². The zero-order valence-electron chi connectivity index (χ0n) is 14.3. The lowest BCUT2D eigenvalue weighted by molar-refractivity contribution is -0.144. The molecule has 3 rings (SSSR count). The summed E-state index contributed by atoms with van der Waals surface area (Å²) >= 11 is 0. The number of ether oxygens (including phenoxy) is 1. The number of anilines is 1. The van der Waals surface area contributed by atoms with E-state index < -0.39 is 17.5 Å². The number of pyridine rings is 1. The Morgan fingerprint density at radius 1 is 1.24 bits per heavy atom. The quantitative estimate of drug-likeness (QED) is 0.847. The van der Waals surface area contributed by atoms with Crippen molar-refractivity contribution in [2.75, 3.05) is 18.6 Å². The van der Waals surface area contributed by atoms with Gasteiger partial charge in [0.05, 0.1) is 12.8 Å². The molecule has 0 radical (unpaired) electrons. The van der Waals surface area contributed by atoms with Crippen LogP contribution in [0.4, 0.5) is 14.5 Å². The van der Waals surface area contributed by atoms with Gasteiger partial charge in [-0.2, -0.15) is 8.78 Å². The number of hydrogen-bond acceptors (Lipinski definition) is 3. The van der Waals surface area contributed by atoms with Gasteiger partial charge in [0, 0.05) is 18.3 Å². The normalized spacial score (nSPS) is 14.6. The summed E-state index contributed by atoms with van der Waals surface area (Å²) in [5.41, 5.74) is 1.09. The monoisotopic (exact) mass is 346 g/mol. The van der Waals surface area contributed by atoms with Crippen LogP contribution in [0.5, 0.6) is 5.75 Å². The second-order valence-corrected chi connectivity index (χ2v) is 6.12. The predicted molar refractivity (Wildman–Crippen MR) is 91.2 cm³/mol. The Bertz CT molecular complexity index is 793. The molecule has 0 unspecified atom stereocenters. The van der Waals surface area contributed by atoms with Crippen molar-refractivity contribution < 1.29 is 18.3 Å². The zero-order chi connectivity index (χ0) is 18.0. The maximum atomic E-state index is 14.9. The molecule has 1 aromatic heterocycles. The Balaban J connectivity index is 2.05. The number of benzene rings is 1. The van der Waals surface area contributed by atoms with E-state index in [9.17, 15) is 13.6 Å². The van der Waals surface area contributed by atoms with Gasteiger partial charge < -0.3 is 9.64 Å². The standard InChI is InChI=1S/C19H20F2N2O2/c1-13-7-6-11-22-17(13)19(20,21)18(24)23-12-4-3-8-14-15(23)9-5-10-16(14)25-2/h5-7,9-11H,3-4,8,12H2,1-2H3. The molecule has 1 aliphatic rings. The van der Waals surface area contributed by atoms with Crippen molar-refractivity contribution in [3.05, 3.63) is 53.3 Å². The molecule has 0 N–H and O–H groups in total. The number of hydrogen-bond donors (Lipinski definition) is 0. The first kappa shape index (κ1) is 17.3. The highest BCUT2D eigenvalue weighted by Gasteiger charge is 2.47. The van der Waals surface area contributed by atoms with E-state index in [1.54, 1.807) is 31.4 Å². The molecule has 1 aromatic carbocycles. The first-order valence-corrected chi connectivity index (χ1v) is 8.24. The second kappa shape index (κ2) is 6.78. The average Bonchev–Trinajstić information content (AvgIpc) is 2.83. The van der Waals surface area contributed by atoms with Gasteiger partial charge in [0.25, 0.3) is 0 Å². The smallest absolute Gasteiger partial charge is 0.366 e. The molecule has 0 aliphatic carbocycles. The molecule has 1 aliphatic heterocycles. The molecular formula is C19H20F2N2O2. The maximum Gasteiger partial charge on any atom is 0.366 e. The lowest BCUT2D eigenvalue weighted by Crippen LogP contribution is -2.43. The van der Waals surface area contributed by atoms with Crippen LogP contribution in [0.1, 0.15) is 29.7 Å². The maximum absolute atomic E-state index is 14.9. The Labute approximate surface area is 145 Å². The number of carbonyl (C=O) groups excluding carboxylic acids is 1. The van der Waals surface area contributed by atoms with Crippen molar-refractivity contribution in [3.63, 3.8) is 0 Å². The molecule has 25 heavy (non-hydrogen) atoms. The molecule has 132 valence electrons. The van der Waals surface area contributed by atoms with Gasteiger partial charge in [-0.15, -0.1) is 0 Å². The molecule has 2 heterocycles.